The molecule has 0 saturated heterocycles. The highest BCUT2D eigenvalue weighted by Gasteiger charge is 2.18. The molecule has 0 bridgehead atoms. The number of aromatic nitrogens is 1. The van der Waals surface area contributed by atoms with Crippen LogP contribution < -0.4 is 15.6 Å². The number of nitrogens with zero attached hydrogens (tertiary/aromatic N) is 1. The number of benzene rings is 2. The maximum Gasteiger partial charge on any atom is 0.279 e. The Hall–Kier alpha value is -3.48. The van der Waals surface area contributed by atoms with E-state index in [2.05, 4.69) is 15.8 Å². The highest BCUT2D eigenvalue weighted by Crippen LogP contribution is 2.17. The number of nitrogens with one attached hydrogen (secondary N) is 2. The fraction of sp³-hybridized carbons (Fsp3) is 0.105. The van der Waals surface area contributed by atoms with Gasteiger partial charge in [-0.1, -0.05) is 30.3 Å². The number of hydrogen-bond donors (Lipinski definition) is 2. The largest absolute Gasteiger partial charge is 0.478 e. The van der Waals surface area contributed by atoms with Gasteiger partial charge in [-0.2, -0.15) is 0 Å². The van der Waals surface area contributed by atoms with Gasteiger partial charge in [-0.05, 0) is 31.2 Å². The Bertz CT molecular complexity index is 956. The summed E-state index contributed by atoms with van der Waals surface area (Å²) in [5.41, 5.74) is 5.65. The summed E-state index contributed by atoms with van der Waals surface area (Å²) in [6.45, 7) is 1.45. The molecule has 0 spiro atoms. The summed E-state index contributed by atoms with van der Waals surface area (Å²) >= 11 is 0. The number of amides is 2. The molecule has 1 heterocycles. The molecule has 0 fully saturated rings. The van der Waals surface area contributed by atoms with Gasteiger partial charge in [0, 0.05) is 11.6 Å². The Morgan fingerprint density at radius 2 is 1.77 bits per heavy atom. The van der Waals surface area contributed by atoms with E-state index >= 15 is 0 Å². The van der Waals surface area contributed by atoms with Crippen molar-refractivity contribution in [2.45, 2.75) is 13.0 Å². The molecule has 0 radical (unpaired) electrons. The Morgan fingerprint density at radius 3 is 2.58 bits per heavy atom. The zero-order valence-electron chi connectivity index (χ0n) is 13.9. The van der Waals surface area contributed by atoms with E-state index in [4.69, 9.17) is 4.74 Å². The molecule has 0 aliphatic heterocycles. The average Bonchev–Trinajstić information content (AvgIpc) is 2.67. The molecule has 2 N–H and O–H groups in total. The standard InChI is InChI=1S/C19H16FN3O3/c1-12(26-17-9-5-3-7-15(17)20)18(24)22-23-19(25)14-10-11-21-16-8-4-2-6-13(14)16/h2-12H,1H3,(H,22,24)(H,23,25). The van der Waals surface area contributed by atoms with E-state index in [1.54, 1.807) is 30.3 Å². The minimum atomic E-state index is -0.999. The van der Waals surface area contributed by atoms with Gasteiger partial charge in [0.15, 0.2) is 17.7 Å². The monoisotopic (exact) mass is 353 g/mol. The van der Waals surface area contributed by atoms with Crippen molar-refractivity contribution in [3.63, 3.8) is 0 Å². The molecule has 3 rings (SSSR count). The third-order valence-electron chi connectivity index (χ3n) is 3.70. The van der Waals surface area contributed by atoms with E-state index in [9.17, 15) is 14.0 Å². The van der Waals surface area contributed by atoms with E-state index in [1.807, 2.05) is 6.07 Å². The fourth-order valence-corrected chi connectivity index (χ4v) is 2.37. The molecular weight excluding hydrogens is 337 g/mol. The number of para-hydroxylation sites is 2. The van der Waals surface area contributed by atoms with Crippen LogP contribution in [0.1, 0.15) is 17.3 Å². The molecule has 6 nitrogen and oxygen atoms in total. The van der Waals surface area contributed by atoms with Gasteiger partial charge in [0.2, 0.25) is 0 Å². The predicted molar refractivity (Wildman–Crippen MR) is 93.8 cm³/mol. The lowest BCUT2D eigenvalue weighted by molar-refractivity contribution is -0.128. The van der Waals surface area contributed by atoms with E-state index in [0.717, 1.165) is 0 Å². The quantitative estimate of drug-likeness (QED) is 0.707. The Kier molecular flexibility index (Phi) is 5.07. The minimum absolute atomic E-state index is 0.0402. The van der Waals surface area contributed by atoms with Crippen molar-refractivity contribution in [1.82, 2.24) is 15.8 Å². The molecule has 0 aliphatic carbocycles. The zero-order chi connectivity index (χ0) is 18.5. The second-order valence-electron chi connectivity index (χ2n) is 5.51. The lowest BCUT2D eigenvalue weighted by atomic mass is 10.1. The molecule has 2 aromatic carbocycles. The number of ether oxygens (including phenoxy) is 1. The number of hydrazine groups is 1. The van der Waals surface area contributed by atoms with Crippen LogP contribution in [0.3, 0.4) is 0 Å². The second-order valence-corrected chi connectivity index (χ2v) is 5.51. The van der Waals surface area contributed by atoms with Crippen LogP contribution in [0.15, 0.2) is 60.8 Å². The summed E-state index contributed by atoms with van der Waals surface area (Å²) < 4.78 is 18.8. The van der Waals surface area contributed by atoms with Crippen LogP contribution in [0.4, 0.5) is 4.39 Å². The molecule has 2 amide bonds. The molecule has 7 heteroatoms. The first-order valence-corrected chi connectivity index (χ1v) is 7.91. The van der Waals surface area contributed by atoms with Crippen molar-refractivity contribution in [3.05, 3.63) is 72.2 Å². The van der Waals surface area contributed by atoms with Gasteiger partial charge in [-0.15, -0.1) is 0 Å². The molecular formula is C19H16FN3O3. The molecule has 1 aromatic heterocycles. The van der Waals surface area contributed by atoms with Crippen molar-refractivity contribution in [3.8, 4) is 5.75 Å². The summed E-state index contributed by atoms with van der Waals surface area (Å²) in [6, 6.07) is 14.5. The van der Waals surface area contributed by atoms with Gasteiger partial charge in [0.05, 0.1) is 11.1 Å². The number of fused-ring (bicyclic) bond motifs is 1. The lowest BCUT2D eigenvalue weighted by Crippen LogP contribution is -2.47. The summed E-state index contributed by atoms with van der Waals surface area (Å²) in [5.74, 6) is -1.71. The van der Waals surface area contributed by atoms with E-state index in [-0.39, 0.29) is 5.75 Å². The maximum atomic E-state index is 13.6. The van der Waals surface area contributed by atoms with E-state index < -0.39 is 23.7 Å². The Morgan fingerprint density at radius 1 is 1.04 bits per heavy atom. The van der Waals surface area contributed by atoms with Crippen LogP contribution in [0.2, 0.25) is 0 Å². The van der Waals surface area contributed by atoms with Crippen LogP contribution in [-0.4, -0.2) is 22.9 Å². The number of halogens is 1. The summed E-state index contributed by atoms with van der Waals surface area (Å²) in [6.07, 6.45) is 0.518. The van der Waals surface area contributed by atoms with Gasteiger partial charge in [0.25, 0.3) is 11.8 Å². The third kappa shape index (κ3) is 3.77. The second kappa shape index (κ2) is 7.60. The molecule has 1 unspecified atom stereocenters. The number of pyridine rings is 1. The summed E-state index contributed by atoms with van der Waals surface area (Å²) in [7, 11) is 0. The summed E-state index contributed by atoms with van der Waals surface area (Å²) in [4.78, 5) is 28.6. The zero-order valence-corrected chi connectivity index (χ0v) is 13.9. The topological polar surface area (TPSA) is 80.3 Å². The van der Waals surface area contributed by atoms with Crippen molar-refractivity contribution < 1.29 is 18.7 Å². The van der Waals surface area contributed by atoms with Crippen LogP contribution in [0.5, 0.6) is 5.75 Å². The van der Waals surface area contributed by atoms with Gasteiger partial charge in [-0.25, -0.2) is 4.39 Å². The number of carbonyl (C=O) groups is 2. The lowest BCUT2D eigenvalue weighted by Gasteiger charge is -2.15. The molecule has 3 aromatic rings. The first kappa shape index (κ1) is 17.3. The van der Waals surface area contributed by atoms with E-state index in [1.165, 1.54) is 31.3 Å². The van der Waals surface area contributed by atoms with Gasteiger partial charge in [-0.3, -0.25) is 25.4 Å². The molecule has 0 saturated carbocycles. The van der Waals surface area contributed by atoms with Gasteiger partial charge >= 0.3 is 0 Å². The third-order valence-corrected chi connectivity index (χ3v) is 3.70. The van der Waals surface area contributed by atoms with Crippen LogP contribution in [0.25, 0.3) is 10.9 Å². The predicted octanol–water partition coefficient (Wildman–Crippen LogP) is 2.60. The molecule has 0 aliphatic rings. The fourth-order valence-electron chi connectivity index (χ4n) is 2.37. The van der Waals surface area contributed by atoms with Crippen molar-refractivity contribution in [2.75, 3.05) is 0 Å². The van der Waals surface area contributed by atoms with Crippen LogP contribution in [0, 0.1) is 5.82 Å². The Balaban J connectivity index is 1.63. The minimum Gasteiger partial charge on any atom is -0.478 e. The molecule has 1 atom stereocenters. The highest BCUT2D eigenvalue weighted by molar-refractivity contribution is 6.06. The van der Waals surface area contributed by atoms with Crippen molar-refractivity contribution in [1.29, 1.82) is 0 Å². The highest BCUT2D eigenvalue weighted by atomic mass is 19.1. The van der Waals surface area contributed by atoms with Crippen LogP contribution >= 0.6 is 0 Å². The normalized spacial score (nSPS) is 11.6. The van der Waals surface area contributed by atoms with E-state index in [0.29, 0.717) is 16.5 Å². The number of hydrogen-bond acceptors (Lipinski definition) is 4. The molecule has 132 valence electrons. The first-order valence-electron chi connectivity index (χ1n) is 7.91. The van der Waals surface area contributed by atoms with Gasteiger partial charge < -0.3 is 4.74 Å². The van der Waals surface area contributed by atoms with Gasteiger partial charge in [0.1, 0.15) is 0 Å². The average molecular weight is 353 g/mol. The number of carbonyl (C=O) groups excluding carboxylic acids is 2. The van der Waals surface area contributed by atoms with Crippen molar-refractivity contribution in [2.24, 2.45) is 0 Å². The van der Waals surface area contributed by atoms with Crippen molar-refractivity contribution >= 4 is 22.7 Å². The SMILES string of the molecule is CC(Oc1ccccc1F)C(=O)NNC(=O)c1ccnc2ccccc12. The molecule has 26 heavy (non-hydrogen) atoms. The number of rotatable bonds is 4. The smallest absolute Gasteiger partial charge is 0.279 e. The maximum absolute atomic E-state index is 13.6. The Labute approximate surface area is 149 Å². The summed E-state index contributed by atoms with van der Waals surface area (Å²) in [5, 5.41) is 0.664. The first-order chi connectivity index (χ1) is 12.6. The van der Waals surface area contributed by atoms with Crippen LogP contribution in [-0.2, 0) is 4.79 Å².